The number of amides is 2. The van der Waals surface area contributed by atoms with Gasteiger partial charge in [0.2, 0.25) is 12.0 Å². The van der Waals surface area contributed by atoms with Crippen LogP contribution in [0.5, 0.6) is 0 Å². The van der Waals surface area contributed by atoms with E-state index in [1.165, 1.54) is 0 Å². The monoisotopic (exact) mass is 341 g/mol. The van der Waals surface area contributed by atoms with E-state index >= 15 is 0 Å². The standard InChI is InChI=1S/C18H19N3O4/c22-17(20-12-14-7-4-10-24-14)8-9-19-18(23)16-11-15(21-25-16)13-5-2-1-3-6-13/h1-7,10,16H,8-9,11-12H2,(H,19,23)(H,20,22). The van der Waals surface area contributed by atoms with Crippen LogP contribution in [0, 0.1) is 0 Å². The minimum absolute atomic E-state index is 0.162. The zero-order valence-corrected chi connectivity index (χ0v) is 13.6. The molecule has 1 unspecified atom stereocenters. The number of nitrogens with zero attached hydrogens (tertiary/aromatic N) is 1. The number of hydrogen-bond donors (Lipinski definition) is 2. The fourth-order valence-corrected chi connectivity index (χ4v) is 2.42. The van der Waals surface area contributed by atoms with Gasteiger partial charge in [-0.15, -0.1) is 0 Å². The van der Waals surface area contributed by atoms with Crippen LogP contribution in [0.2, 0.25) is 0 Å². The number of oxime groups is 1. The van der Waals surface area contributed by atoms with Gasteiger partial charge in [-0.05, 0) is 17.7 Å². The highest BCUT2D eigenvalue weighted by atomic mass is 16.6. The van der Waals surface area contributed by atoms with Crippen molar-refractivity contribution in [3.63, 3.8) is 0 Å². The minimum atomic E-state index is -0.651. The van der Waals surface area contributed by atoms with Crippen LogP contribution in [-0.4, -0.2) is 30.2 Å². The molecular formula is C18H19N3O4. The summed E-state index contributed by atoms with van der Waals surface area (Å²) >= 11 is 0. The fourth-order valence-electron chi connectivity index (χ4n) is 2.42. The molecule has 0 bridgehead atoms. The van der Waals surface area contributed by atoms with E-state index in [-0.39, 0.29) is 24.8 Å². The van der Waals surface area contributed by atoms with Crippen molar-refractivity contribution >= 4 is 17.5 Å². The predicted molar refractivity (Wildman–Crippen MR) is 90.7 cm³/mol. The lowest BCUT2D eigenvalue weighted by Gasteiger charge is -2.09. The summed E-state index contributed by atoms with van der Waals surface area (Å²) in [4.78, 5) is 29.0. The number of hydrogen-bond acceptors (Lipinski definition) is 5. The highest BCUT2D eigenvalue weighted by Gasteiger charge is 2.28. The third-order valence-electron chi connectivity index (χ3n) is 3.76. The van der Waals surface area contributed by atoms with Crippen molar-refractivity contribution in [1.29, 1.82) is 0 Å². The van der Waals surface area contributed by atoms with Crippen molar-refractivity contribution in [3.05, 3.63) is 60.1 Å². The molecule has 1 aromatic carbocycles. The molecule has 25 heavy (non-hydrogen) atoms. The quantitative estimate of drug-likeness (QED) is 0.800. The number of benzene rings is 1. The second-order valence-corrected chi connectivity index (χ2v) is 5.60. The van der Waals surface area contributed by atoms with Gasteiger partial charge in [-0.1, -0.05) is 35.5 Å². The Labute approximate surface area is 145 Å². The molecule has 7 nitrogen and oxygen atoms in total. The molecule has 130 valence electrons. The Morgan fingerprint density at radius 3 is 2.72 bits per heavy atom. The number of nitrogens with one attached hydrogen (secondary N) is 2. The molecule has 1 aromatic heterocycles. The van der Waals surface area contributed by atoms with Gasteiger partial charge < -0.3 is 19.9 Å². The summed E-state index contributed by atoms with van der Waals surface area (Å²) in [5.41, 5.74) is 1.69. The molecule has 1 aliphatic rings. The van der Waals surface area contributed by atoms with Gasteiger partial charge in [0.15, 0.2) is 0 Å². The average Bonchev–Trinajstić information content (AvgIpc) is 3.32. The van der Waals surface area contributed by atoms with Gasteiger partial charge in [0.1, 0.15) is 5.76 Å². The van der Waals surface area contributed by atoms with Crippen molar-refractivity contribution in [2.45, 2.75) is 25.5 Å². The molecule has 1 atom stereocenters. The first-order chi connectivity index (χ1) is 12.2. The second kappa shape index (κ2) is 8.14. The molecule has 0 aliphatic carbocycles. The molecule has 2 aromatic rings. The van der Waals surface area contributed by atoms with Crippen LogP contribution >= 0.6 is 0 Å². The molecule has 3 rings (SSSR count). The Bertz CT molecular complexity index is 741. The summed E-state index contributed by atoms with van der Waals surface area (Å²) in [5, 5.41) is 9.39. The SMILES string of the molecule is O=C(CCNC(=O)C1CC(c2ccccc2)=NO1)NCc1ccco1. The van der Waals surface area contributed by atoms with Gasteiger partial charge >= 0.3 is 0 Å². The summed E-state index contributed by atoms with van der Waals surface area (Å²) in [6.45, 7) is 0.573. The Morgan fingerprint density at radius 1 is 1.12 bits per heavy atom. The van der Waals surface area contributed by atoms with Crippen LogP contribution in [0.15, 0.2) is 58.3 Å². The van der Waals surface area contributed by atoms with E-state index in [2.05, 4.69) is 15.8 Å². The molecule has 0 fully saturated rings. The summed E-state index contributed by atoms with van der Waals surface area (Å²) in [6, 6.07) is 13.1. The molecule has 0 saturated carbocycles. The van der Waals surface area contributed by atoms with Crippen LogP contribution in [0.25, 0.3) is 0 Å². The Balaban J connectivity index is 1.35. The van der Waals surface area contributed by atoms with Crippen molar-refractivity contribution in [3.8, 4) is 0 Å². The van der Waals surface area contributed by atoms with E-state index in [0.29, 0.717) is 18.7 Å². The van der Waals surface area contributed by atoms with Gasteiger partial charge in [-0.2, -0.15) is 0 Å². The molecule has 2 heterocycles. The Morgan fingerprint density at radius 2 is 1.96 bits per heavy atom. The first-order valence-electron chi connectivity index (χ1n) is 8.07. The molecule has 2 amide bonds. The van der Waals surface area contributed by atoms with Crippen molar-refractivity contribution in [2.75, 3.05) is 6.54 Å². The maximum absolute atomic E-state index is 12.1. The molecule has 0 spiro atoms. The molecule has 1 aliphatic heterocycles. The van der Waals surface area contributed by atoms with Gasteiger partial charge in [0.05, 0.1) is 18.5 Å². The number of carbonyl (C=O) groups is 2. The summed E-state index contributed by atoms with van der Waals surface area (Å²) < 4.78 is 5.13. The average molecular weight is 341 g/mol. The normalized spacial score (nSPS) is 16.0. The van der Waals surface area contributed by atoms with Crippen LogP contribution in [-0.2, 0) is 21.0 Å². The highest BCUT2D eigenvalue weighted by molar-refractivity contribution is 6.04. The zero-order chi connectivity index (χ0) is 17.5. The molecular weight excluding hydrogens is 322 g/mol. The largest absolute Gasteiger partial charge is 0.467 e. The lowest BCUT2D eigenvalue weighted by molar-refractivity contribution is -0.131. The van der Waals surface area contributed by atoms with E-state index in [4.69, 9.17) is 9.25 Å². The smallest absolute Gasteiger partial charge is 0.264 e. The third kappa shape index (κ3) is 4.69. The summed E-state index contributed by atoms with van der Waals surface area (Å²) in [5.74, 6) is 0.251. The van der Waals surface area contributed by atoms with Crippen LogP contribution in [0.4, 0.5) is 0 Å². The van der Waals surface area contributed by atoms with Crippen LogP contribution in [0.1, 0.15) is 24.2 Å². The van der Waals surface area contributed by atoms with Gasteiger partial charge in [0, 0.05) is 19.4 Å². The zero-order valence-electron chi connectivity index (χ0n) is 13.6. The van der Waals surface area contributed by atoms with Gasteiger partial charge in [-0.3, -0.25) is 9.59 Å². The highest BCUT2D eigenvalue weighted by Crippen LogP contribution is 2.16. The lowest BCUT2D eigenvalue weighted by Crippen LogP contribution is -2.37. The molecule has 0 radical (unpaired) electrons. The van der Waals surface area contributed by atoms with Gasteiger partial charge in [0.25, 0.3) is 5.91 Å². The van der Waals surface area contributed by atoms with Crippen molar-refractivity contribution in [1.82, 2.24) is 10.6 Å². The topological polar surface area (TPSA) is 92.9 Å². The fraction of sp³-hybridized carbons (Fsp3) is 0.278. The first-order valence-corrected chi connectivity index (χ1v) is 8.07. The minimum Gasteiger partial charge on any atom is -0.467 e. The van der Waals surface area contributed by atoms with Crippen molar-refractivity contribution < 1.29 is 18.8 Å². The van der Waals surface area contributed by atoms with E-state index in [0.717, 1.165) is 11.3 Å². The van der Waals surface area contributed by atoms with Crippen LogP contribution in [0.3, 0.4) is 0 Å². The van der Waals surface area contributed by atoms with E-state index in [1.54, 1.807) is 18.4 Å². The second-order valence-electron chi connectivity index (χ2n) is 5.60. The lowest BCUT2D eigenvalue weighted by atomic mass is 10.0. The van der Waals surface area contributed by atoms with Crippen molar-refractivity contribution in [2.24, 2.45) is 5.16 Å². The van der Waals surface area contributed by atoms with E-state index < -0.39 is 6.10 Å². The summed E-state index contributed by atoms with van der Waals surface area (Å²) in [7, 11) is 0. The maximum Gasteiger partial charge on any atom is 0.264 e. The van der Waals surface area contributed by atoms with E-state index in [9.17, 15) is 9.59 Å². The third-order valence-corrected chi connectivity index (χ3v) is 3.76. The predicted octanol–water partition coefficient (Wildman–Crippen LogP) is 1.60. The Kier molecular flexibility index (Phi) is 5.46. The Hall–Kier alpha value is -3.09. The molecule has 0 saturated heterocycles. The van der Waals surface area contributed by atoms with E-state index in [1.807, 2.05) is 30.3 Å². The summed E-state index contributed by atoms with van der Waals surface area (Å²) in [6.07, 6.45) is 1.50. The molecule has 7 heteroatoms. The number of furan rings is 1. The number of rotatable bonds is 7. The van der Waals surface area contributed by atoms with Gasteiger partial charge in [-0.25, -0.2) is 0 Å². The van der Waals surface area contributed by atoms with Crippen LogP contribution < -0.4 is 10.6 Å². The molecule has 2 N–H and O–H groups in total. The first kappa shape index (κ1) is 16.8. The maximum atomic E-state index is 12.1. The number of carbonyl (C=O) groups excluding carboxylic acids is 2.